The van der Waals surface area contributed by atoms with Crippen LogP contribution in [0.5, 0.6) is 11.5 Å². The average Bonchev–Trinajstić information content (AvgIpc) is 3.19. The zero-order valence-corrected chi connectivity index (χ0v) is 17.5. The summed E-state index contributed by atoms with van der Waals surface area (Å²) in [6, 6.07) is 16.3. The first kappa shape index (κ1) is 19.4. The van der Waals surface area contributed by atoms with E-state index in [1.165, 1.54) is 6.20 Å². The molecular weight excluding hydrogens is 416 g/mol. The lowest BCUT2D eigenvalue weighted by Crippen LogP contribution is -2.33. The number of benzene rings is 2. The van der Waals surface area contributed by atoms with E-state index in [0.29, 0.717) is 35.9 Å². The minimum absolute atomic E-state index is 0.127. The van der Waals surface area contributed by atoms with Gasteiger partial charge in [0.15, 0.2) is 17.6 Å². The van der Waals surface area contributed by atoms with Crippen LogP contribution in [0.4, 0.5) is 5.69 Å². The second kappa shape index (κ2) is 7.59. The summed E-state index contributed by atoms with van der Waals surface area (Å²) in [4.78, 5) is 4.54. The van der Waals surface area contributed by atoms with Crippen molar-refractivity contribution in [1.82, 2.24) is 14.8 Å². The van der Waals surface area contributed by atoms with Gasteiger partial charge in [-0.25, -0.2) is 8.42 Å². The van der Waals surface area contributed by atoms with Crippen molar-refractivity contribution >= 4 is 26.6 Å². The Hall–Kier alpha value is -3.59. The highest BCUT2D eigenvalue weighted by Gasteiger charge is 2.23. The van der Waals surface area contributed by atoms with E-state index >= 15 is 0 Å². The van der Waals surface area contributed by atoms with Crippen molar-refractivity contribution in [3.8, 4) is 11.5 Å². The third-order valence-electron chi connectivity index (χ3n) is 4.96. The molecule has 0 fully saturated rings. The van der Waals surface area contributed by atoms with E-state index in [2.05, 4.69) is 14.8 Å². The van der Waals surface area contributed by atoms with Crippen LogP contribution in [0.1, 0.15) is 5.69 Å². The first-order valence-corrected chi connectivity index (χ1v) is 11.3. The first-order valence-electron chi connectivity index (χ1n) is 9.78. The van der Waals surface area contributed by atoms with Crippen LogP contribution in [0.2, 0.25) is 0 Å². The lowest BCUT2D eigenvalue weighted by molar-refractivity contribution is 0.0759. The van der Waals surface area contributed by atoms with E-state index in [-0.39, 0.29) is 11.0 Å². The molecule has 5 rings (SSSR count). The molecule has 0 saturated heterocycles. The molecule has 0 spiro atoms. The Morgan fingerprint density at radius 3 is 2.81 bits per heavy atom. The van der Waals surface area contributed by atoms with E-state index in [0.717, 1.165) is 11.1 Å². The number of anilines is 1. The molecule has 0 saturated carbocycles. The molecule has 1 unspecified atom stereocenters. The van der Waals surface area contributed by atoms with Crippen molar-refractivity contribution in [2.24, 2.45) is 0 Å². The number of ether oxygens (including phenoxy) is 2. The van der Waals surface area contributed by atoms with Crippen molar-refractivity contribution < 1.29 is 17.9 Å². The van der Waals surface area contributed by atoms with Gasteiger partial charge in [-0.15, -0.1) is 0 Å². The maximum atomic E-state index is 13.0. The molecule has 1 atom stereocenters. The molecule has 0 bridgehead atoms. The Bertz CT molecular complexity index is 1370. The van der Waals surface area contributed by atoms with Crippen molar-refractivity contribution in [3.63, 3.8) is 0 Å². The summed E-state index contributed by atoms with van der Waals surface area (Å²) in [5.41, 5.74) is 1.55. The Morgan fingerprint density at radius 1 is 1.10 bits per heavy atom. The van der Waals surface area contributed by atoms with Gasteiger partial charge in [-0.1, -0.05) is 30.3 Å². The van der Waals surface area contributed by atoms with Gasteiger partial charge in [0.05, 0.1) is 23.9 Å². The summed E-state index contributed by atoms with van der Waals surface area (Å²) in [6.45, 7) is 2.64. The van der Waals surface area contributed by atoms with Crippen LogP contribution in [-0.2, 0) is 16.6 Å². The van der Waals surface area contributed by atoms with Gasteiger partial charge >= 0.3 is 0 Å². The van der Waals surface area contributed by atoms with Gasteiger partial charge in [-0.3, -0.25) is 14.4 Å². The molecule has 0 amide bonds. The summed E-state index contributed by atoms with van der Waals surface area (Å²) >= 11 is 0. The molecule has 3 heterocycles. The molecule has 0 aliphatic carbocycles. The standard InChI is InChI=1S/C22H20N4O4S/c1-15-9-10-16-5-4-8-21(22(16)24-15)31(27,28)25-17-11-23-26(12-17)13-18-14-29-19-6-2-3-7-20(19)30-18/h2-12,18,25H,13-14H2,1H3. The van der Waals surface area contributed by atoms with E-state index < -0.39 is 10.0 Å². The summed E-state index contributed by atoms with van der Waals surface area (Å²) in [5, 5.41) is 5.02. The molecule has 1 aliphatic rings. The number of nitrogens with zero attached hydrogens (tertiary/aromatic N) is 3. The molecule has 8 nitrogen and oxygen atoms in total. The van der Waals surface area contributed by atoms with Crippen LogP contribution >= 0.6 is 0 Å². The monoisotopic (exact) mass is 436 g/mol. The number of fused-ring (bicyclic) bond motifs is 2. The lowest BCUT2D eigenvalue weighted by atomic mass is 10.2. The van der Waals surface area contributed by atoms with Gasteiger partial charge in [-0.2, -0.15) is 5.10 Å². The van der Waals surface area contributed by atoms with Gasteiger partial charge in [0.1, 0.15) is 11.5 Å². The summed E-state index contributed by atoms with van der Waals surface area (Å²) in [7, 11) is -3.84. The van der Waals surface area contributed by atoms with Gasteiger partial charge in [-0.05, 0) is 31.2 Å². The van der Waals surface area contributed by atoms with Crippen LogP contribution in [0.25, 0.3) is 10.9 Å². The first-order chi connectivity index (χ1) is 15.0. The third kappa shape index (κ3) is 3.91. The predicted molar refractivity (Wildman–Crippen MR) is 116 cm³/mol. The minimum atomic E-state index is -3.84. The molecule has 2 aromatic heterocycles. The smallest absolute Gasteiger partial charge is 0.264 e. The third-order valence-corrected chi connectivity index (χ3v) is 6.37. The second-order valence-corrected chi connectivity index (χ2v) is 8.99. The van der Waals surface area contributed by atoms with Gasteiger partial charge < -0.3 is 9.47 Å². The maximum absolute atomic E-state index is 13.0. The topological polar surface area (TPSA) is 95.3 Å². The van der Waals surface area contributed by atoms with Crippen LogP contribution in [-0.4, -0.2) is 35.9 Å². The SMILES string of the molecule is Cc1ccc2cccc(S(=O)(=O)Nc3cnn(CC4COc5ccccc5O4)c3)c2n1. The molecule has 2 aromatic carbocycles. The fraction of sp³-hybridized carbons (Fsp3) is 0.182. The number of sulfonamides is 1. The Labute approximate surface area is 179 Å². The fourth-order valence-corrected chi connectivity index (χ4v) is 4.72. The Kier molecular flexibility index (Phi) is 4.74. The lowest BCUT2D eigenvalue weighted by Gasteiger charge is -2.26. The highest BCUT2D eigenvalue weighted by Crippen LogP contribution is 2.31. The van der Waals surface area contributed by atoms with E-state index in [4.69, 9.17) is 9.47 Å². The molecule has 1 N–H and O–H groups in total. The summed E-state index contributed by atoms with van der Waals surface area (Å²) in [5.74, 6) is 1.40. The number of rotatable bonds is 5. The molecule has 0 radical (unpaired) electrons. The number of nitrogens with one attached hydrogen (secondary N) is 1. The zero-order chi connectivity index (χ0) is 21.4. The molecule has 158 valence electrons. The number of aromatic nitrogens is 3. The molecule has 4 aromatic rings. The maximum Gasteiger partial charge on any atom is 0.264 e. The Balaban J connectivity index is 1.33. The number of pyridine rings is 1. The highest BCUT2D eigenvalue weighted by molar-refractivity contribution is 7.93. The fourth-order valence-electron chi connectivity index (χ4n) is 3.52. The quantitative estimate of drug-likeness (QED) is 0.515. The van der Waals surface area contributed by atoms with E-state index in [1.807, 2.05) is 49.4 Å². The second-order valence-electron chi connectivity index (χ2n) is 7.33. The molecular formula is C22H20N4O4S. The summed E-state index contributed by atoms with van der Waals surface area (Å²) in [6.07, 6.45) is 2.87. The highest BCUT2D eigenvalue weighted by atomic mass is 32.2. The van der Waals surface area contributed by atoms with Gasteiger partial charge in [0.2, 0.25) is 0 Å². The number of hydrogen-bond acceptors (Lipinski definition) is 6. The van der Waals surface area contributed by atoms with Crippen molar-refractivity contribution in [1.29, 1.82) is 0 Å². The molecule has 31 heavy (non-hydrogen) atoms. The number of hydrogen-bond donors (Lipinski definition) is 1. The van der Waals surface area contributed by atoms with Crippen molar-refractivity contribution in [3.05, 3.63) is 72.7 Å². The van der Waals surface area contributed by atoms with Gasteiger partial charge in [0, 0.05) is 17.3 Å². The average molecular weight is 436 g/mol. The van der Waals surface area contributed by atoms with E-state index in [9.17, 15) is 8.42 Å². The van der Waals surface area contributed by atoms with Gasteiger partial charge in [0.25, 0.3) is 10.0 Å². The minimum Gasteiger partial charge on any atom is -0.486 e. The largest absolute Gasteiger partial charge is 0.486 e. The van der Waals surface area contributed by atoms with Crippen LogP contribution in [0.3, 0.4) is 0 Å². The number of aryl methyl sites for hydroxylation is 1. The molecule has 9 heteroatoms. The normalized spacial score (nSPS) is 15.7. The molecule has 1 aliphatic heterocycles. The van der Waals surface area contributed by atoms with Crippen molar-refractivity contribution in [2.45, 2.75) is 24.5 Å². The van der Waals surface area contributed by atoms with E-state index in [1.54, 1.807) is 23.0 Å². The zero-order valence-electron chi connectivity index (χ0n) is 16.7. The van der Waals surface area contributed by atoms with Crippen LogP contribution in [0, 0.1) is 6.92 Å². The van der Waals surface area contributed by atoms with Crippen molar-refractivity contribution in [2.75, 3.05) is 11.3 Å². The van der Waals surface area contributed by atoms with Crippen LogP contribution < -0.4 is 14.2 Å². The summed E-state index contributed by atoms with van der Waals surface area (Å²) < 4.78 is 41.9. The number of para-hydroxylation sites is 3. The van der Waals surface area contributed by atoms with Crippen LogP contribution in [0.15, 0.2) is 71.9 Å². The Morgan fingerprint density at radius 2 is 1.94 bits per heavy atom. The predicted octanol–water partition coefficient (Wildman–Crippen LogP) is 3.38.